The van der Waals surface area contributed by atoms with E-state index >= 15 is 0 Å². The summed E-state index contributed by atoms with van der Waals surface area (Å²) in [5, 5.41) is 9.29. The van der Waals surface area contributed by atoms with Gasteiger partial charge in [-0.3, -0.25) is 0 Å². The molecule has 0 saturated carbocycles. The fourth-order valence-electron chi connectivity index (χ4n) is 1.54. The highest BCUT2D eigenvalue weighted by molar-refractivity contribution is 5.84. The number of hydrogen-bond donors (Lipinski definition) is 1. The standard InChI is InChI=1S/C10H20N3O/c1-3-4-5-6-10-12-7-11-8-13(10,2)9-14/h7,14H,3-6,8-9H2,1-2H3/q+1. The van der Waals surface area contributed by atoms with E-state index in [-0.39, 0.29) is 6.73 Å². The van der Waals surface area contributed by atoms with Crippen LogP contribution in [0.1, 0.15) is 32.6 Å². The van der Waals surface area contributed by atoms with Crippen molar-refractivity contribution >= 4 is 12.2 Å². The van der Waals surface area contributed by atoms with E-state index in [0.717, 1.165) is 18.7 Å². The number of hydrogen-bond acceptors (Lipinski definition) is 3. The molecule has 0 spiro atoms. The predicted molar refractivity (Wildman–Crippen MR) is 58.2 cm³/mol. The van der Waals surface area contributed by atoms with Crippen LogP contribution in [0.3, 0.4) is 0 Å². The Bertz CT molecular complexity index is 238. The van der Waals surface area contributed by atoms with Gasteiger partial charge in [0.2, 0.25) is 5.84 Å². The average molecular weight is 198 g/mol. The van der Waals surface area contributed by atoms with E-state index in [9.17, 15) is 5.11 Å². The number of amidine groups is 1. The molecule has 0 aromatic carbocycles. The molecule has 0 aliphatic carbocycles. The fourth-order valence-corrected chi connectivity index (χ4v) is 1.54. The van der Waals surface area contributed by atoms with Crippen molar-refractivity contribution in [2.75, 3.05) is 20.4 Å². The van der Waals surface area contributed by atoms with Gasteiger partial charge < -0.3 is 5.11 Å². The van der Waals surface area contributed by atoms with Gasteiger partial charge >= 0.3 is 0 Å². The Balaban J connectivity index is 2.54. The molecule has 1 atom stereocenters. The summed E-state index contributed by atoms with van der Waals surface area (Å²) < 4.78 is 0.459. The first-order valence-electron chi connectivity index (χ1n) is 5.24. The summed E-state index contributed by atoms with van der Waals surface area (Å²) in [6.45, 7) is 2.88. The number of rotatable bonds is 5. The first kappa shape index (κ1) is 11.3. The van der Waals surface area contributed by atoms with Crippen LogP contribution < -0.4 is 0 Å². The second-order valence-electron chi connectivity index (χ2n) is 3.98. The Morgan fingerprint density at radius 3 is 2.93 bits per heavy atom. The van der Waals surface area contributed by atoms with Crippen LogP contribution in [0.5, 0.6) is 0 Å². The number of nitrogens with zero attached hydrogens (tertiary/aromatic N) is 3. The maximum Gasteiger partial charge on any atom is 0.207 e. The molecule has 0 saturated heterocycles. The van der Waals surface area contributed by atoms with Gasteiger partial charge in [0.25, 0.3) is 0 Å². The van der Waals surface area contributed by atoms with E-state index < -0.39 is 0 Å². The molecule has 1 aliphatic heterocycles. The van der Waals surface area contributed by atoms with Crippen molar-refractivity contribution in [3.63, 3.8) is 0 Å². The lowest BCUT2D eigenvalue weighted by Gasteiger charge is -2.31. The molecule has 1 heterocycles. The van der Waals surface area contributed by atoms with Crippen molar-refractivity contribution in [2.45, 2.75) is 32.6 Å². The molecule has 80 valence electrons. The molecular formula is C10H20N3O+. The van der Waals surface area contributed by atoms with E-state index in [4.69, 9.17) is 0 Å². The van der Waals surface area contributed by atoms with Crippen LogP contribution >= 0.6 is 0 Å². The highest BCUT2D eigenvalue weighted by Crippen LogP contribution is 2.13. The second-order valence-corrected chi connectivity index (χ2v) is 3.98. The summed E-state index contributed by atoms with van der Waals surface area (Å²) in [7, 11) is 1.97. The lowest BCUT2D eigenvalue weighted by molar-refractivity contribution is -0.843. The van der Waals surface area contributed by atoms with Crippen molar-refractivity contribution in [3.05, 3.63) is 0 Å². The maximum atomic E-state index is 9.29. The zero-order chi connectivity index (χ0) is 10.4. The van der Waals surface area contributed by atoms with E-state index in [1.54, 1.807) is 6.34 Å². The minimum Gasteiger partial charge on any atom is -0.347 e. The molecule has 0 fully saturated rings. The predicted octanol–water partition coefficient (Wildman–Crippen LogP) is 1.36. The molecule has 0 aromatic heterocycles. The van der Waals surface area contributed by atoms with Crippen molar-refractivity contribution < 1.29 is 9.59 Å². The number of aliphatic imine (C=N–C) groups is 2. The topological polar surface area (TPSA) is 45.0 Å². The number of aliphatic hydroxyl groups excluding tert-OH is 1. The minimum atomic E-state index is 0.0856. The highest BCUT2D eigenvalue weighted by atomic mass is 16.3. The van der Waals surface area contributed by atoms with Gasteiger partial charge in [-0.15, -0.1) is 0 Å². The third-order valence-corrected chi connectivity index (χ3v) is 2.62. The van der Waals surface area contributed by atoms with Gasteiger partial charge in [0.05, 0.1) is 7.05 Å². The molecule has 0 radical (unpaired) electrons. The van der Waals surface area contributed by atoms with E-state index in [2.05, 4.69) is 16.9 Å². The third-order valence-electron chi connectivity index (χ3n) is 2.62. The Hall–Kier alpha value is -0.740. The normalized spacial score (nSPS) is 26.4. The summed E-state index contributed by atoms with van der Waals surface area (Å²) in [6.07, 6.45) is 6.16. The van der Waals surface area contributed by atoms with Crippen LogP contribution in [0.2, 0.25) is 0 Å². The van der Waals surface area contributed by atoms with Gasteiger partial charge in [-0.05, 0) is 6.42 Å². The van der Waals surface area contributed by atoms with Crippen molar-refractivity contribution in [1.82, 2.24) is 0 Å². The van der Waals surface area contributed by atoms with E-state index in [0.29, 0.717) is 11.2 Å². The summed E-state index contributed by atoms with van der Waals surface area (Å²) in [4.78, 5) is 8.34. The first-order chi connectivity index (χ1) is 6.73. The monoisotopic (exact) mass is 198 g/mol. The first-order valence-corrected chi connectivity index (χ1v) is 5.24. The van der Waals surface area contributed by atoms with Gasteiger partial charge in [0.1, 0.15) is 6.34 Å². The second kappa shape index (κ2) is 5.22. The molecule has 1 rings (SSSR count). The largest absolute Gasteiger partial charge is 0.347 e. The van der Waals surface area contributed by atoms with Gasteiger partial charge in [0.15, 0.2) is 13.4 Å². The molecule has 4 heteroatoms. The van der Waals surface area contributed by atoms with Crippen LogP contribution in [0, 0.1) is 0 Å². The number of unbranched alkanes of at least 4 members (excludes halogenated alkanes) is 2. The summed E-state index contributed by atoms with van der Waals surface area (Å²) in [5.41, 5.74) is 0. The lowest BCUT2D eigenvalue weighted by Crippen LogP contribution is -2.51. The molecule has 1 N–H and O–H groups in total. The maximum absolute atomic E-state index is 9.29. The van der Waals surface area contributed by atoms with Crippen LogP contribution in [-0.4, -0.2) is 42.2 Å². The van der Waals surface area contributed by atoms with Crippen LogP contribution in [0.25, 0.3) is 0 Å². The number of aliphatic hydroxyl groups is 1. The molecule has 1 aliphatic rings. The molecule has 4 nitrogen and oxygen atoms in total. The summed E-state index contributed by atoms with van der Waals surface area (Å²) in [5.74, 6) is 1.05. The zero-order valence-corrected chi connectivity index (χ0v) is 9.11. The molecular weight excluding hydrogens is 178 g/mol. The van der Waals surface area contributed by atoms with Gasteiger partial charge in [0, 0.05) is 6.42 Å². The van der Waals surface area contributed by atoms with Crippen LogP contribution in [-0.2, 0) is 0 Å². The zero-order valence-electron chi connectivity index (χ0n) is 9.11. The third kappa shape index (κ3) is 2.62. The molecule has 0 aromatic rings. The van der Waals surface area contributed by atoms with Gasteiger partial charge in [-0.1, -0.05) is 19.8 Å². The SMILES string of the molecule is CCCCCC1=NC=NC[N+]1(C)CO. The minimum absolute atomic E-state index is 0.0856. The number of quaternary nitrogens is 1. The summed E-state index contributed by atoms with van der Waals surface area (Å²) in [6, 6.07) is 0. The fraction of sp³-hybridized carbons (Fsp3) is 0.800. The Morgan fingerprint density at radius 2 is 2.29 bits per heavy atom. The Kier molecular flexibility index (Phi) is 4.22. The summed E-state index contributed by atoms with van der Waals surface area (Å²) >= 11 is 0. The smallest absolute Gasteiger partial charge is 0.207 e. The lowest BCUT2D eigenvalue weighted by atomic mass is 10.1. The molecule has 0 amide bonds. The highest BCUT2D eigenvalue weighted by Gasteiger charge is 2.29. The van der Waals surface area contributed by atoms with Crippen LogP contribution in [0.4, 0.5) is 0 Å². The Labute approximate surface area is 85.6 Å². The van der Waals surface area contributed by atoms with Gasteiger partial charge in [-0.25, -0.2) is 9.48 Å². The van der Waals surface area contributed by atoms with Crippen molar-refractivity contribution in [3.8, 4) is 0 Å². The average Bonchev–Trinajstić information content (AvgIpc) is 2.21. The van der Waals surface area contributed by atoms with Crippen molar-refractivity contribution in [1.29, 1.82) is 0 Å². The van der Waals surface area contributed by atoms with E-state index in [1.165, 1.54) is 12.8 Å². The van der Waals surface area contributed by atoms with Crippen LogP contribution in [0.15, 0.2) is 9.98 Å². The van der Waals surface area contributed by atoms with Gasteiger partial charge in [-0.2, -0.15) is 4.99 Å². The Morgan fingerprint density at radius 1 is 1.50 bits per heavy atom. The molecule has 14 heavy (non-hydrogen) atoms. The quantitative estimate of drug-likeness (QED) is 0.526. The molecule has 0 bridgehead atoms. The van der Waals surface area contributed by atoms with E-state index in [1.807, 2.05) is 7.05 Å². The molecule has 1 unspecified atom stereocenters. The van der Waals surface area contributed by atoms with Crippen molar-refractivity contribution in [2.24, 2.45) is 9.98 Å².